The maximum absolute atomic E-state index is 12.4. The largest absolute Gasteiger partial charge is 0.339 e. The quantitative estimate of drug-likeness (QED) is 0.595. The van der Waals surface area contributed by atoms with Crippen LogP contribution in [0, 0.1) is 6.92 Å². The van der Waals surface area contributed by atoms with Crippen LogP contribution in [-0.4, -0.2) is 22.0 Å². The second-order valence-electron chi connectivity index (χ2n) is 6.10. The van der Waals surface area contributed by atoms with Gasteiger partial charge in [-0.05, 0) is 61.0 Å². The number of rotatable bonds is 5. The Hall–Kier alpha value is -3.45. The van der Waals surface area contributed by atoms with Gasteiger partial charge in [-0.25, -0.2) is 0 Å². The van der Waals surface area contributed by atoms with Gasteiger partial charge in [0.2, 0.25) is 5.91 Å². The highest BCUT2D eigenvalue weighted by Crippen LogP contribution is 2.22. The number of aromatic nitrogens is 2. The molecule has 3 rings (SSSR count). The molecule has 0 saturated carbocycles. The fourth-order valence-corrected chi connectivity index (χ4v) is 2.73. The summed E-state index contributed by atoms with van der Waals surface area (Å²) in [6.07, 6.45) is 0. The van der Waals surface area contributed by atoms with E-state index in [0.717, 1.165) is 11.3 Å². The molecule has 0 aliphatic carbocycles. The zero-order valence-electron chi connectivity index (χ0n) is 15.3. The Bertz CT molecular complexity index is 1020. The number of benzene rings is 2. The summed E-state index contributed by atoms with van der Waals surface area (Å²) < 4.78 is 0. The van der Waals surface area contributed by atoms with Crippen molar-refractivity contribution >= 4 is 46.3 Å². The number of nitrogens with one attached hydrogen (secondary N) is 3. The van der Waals surface area contributed by atoms with E-state index in [9.17, 15) is 9.59 Å². The second kappa shape index (κ2) is 8.49. The molecule has 3 N–H and O–H groups in total. The van der Waals surface area contributed by atoms with Gasteiger partial charge < -0.3 is 16.0 Å². The number of nitrogens with zero attached hydrogens (tertiary/aromatic N) is 2. The van der Waals surface area contributed by atoms with Crippen molar-refractivity contribution in [2.24, 2.45) is 0 Å². The molecule has 142 valence electrons. The Morgan fingerprint density at radius 3 is 2.32 bits per heavy atom. The fourth-order valence-electron chi connectivity index (χ4n) is 2.50. The van der Waals surface area contributed by atoms with Crippen molar-refractivity contribution in [1.29, 1.82) is 0 Å². The topological polar surface area (TPSA) is 96.0 Å². The Morgan fingerprint density at radius 2 is 1.68 bits per heavy atom. The Morgan fingerprint density at radius 1 is 0.929 bits per heavy atom. The zero-order chi connectivity index (χ0) is 20.1. The minimum Gasteiger partial charge on any atom is -0.339 e. The third kappa shape index (κ3) is 5.05. The number of carbonyl (C=O) groups excluding carboxylic acids is 2. The van der Waals surface area contributed by atoms with Crippen molar-refractivity contribution in [2.45, 2.75) is 13.8 Å². The number of carbonyl (C=O) groups is 2. The number of anilines is 4. The molecule has 2 aromatic carbocycles. The summed E-state index contributed by atoms with van der Waals surface area (Å²) >= 11 is 5.96. The predicted molar refractivity (Wildman–Crippen MR) is 110 cm³/mol. The molecule has 0 unspecified atom stereocenters. The van der Waals surface area contributed by atoms with Gasteiger partial charge in [-0.3, -0.25) is 9.59 Å². The lowest BCUT2D eigenvalue weighted by atomic mass is 10.2. The molecule has 0 aliphatic heterocycles. The SMILES string of the molecule is CC(=O)Nc1cccc(NC(=O)c2ccc(Nc3ccc(Cl)cc3C)nn2)c1. The molecule has 0 atom stereocenters. The normalized spacial score (nSPS) is 10.2. The van der Waals surface area contributed by atoms with E-state index >= 15 is 0 Å². The fraction of sp³-hybridized carbons (Fsp3) is 0.100. The molecular formula is C20H18ClN5O2. The van der Waals surface area contributed by atoms with E-state index in [1.807, 2.05) is 19.1 Å². The van der Waals surface area contributed by atoms with Gasteiger partial charge in [-0.1, -0.05) is 17.7 Å². The second-order valence-corrected chi connectivity index (χ2v) is 6.54. The lowest BCUT2D eigenvalue weighted by Gasteiger charge is -2.09. The monoisotopic (exact) mass is 395 g/mol. The van der Waals surface area contributed by atoms with E-state index in [2.05, 4.69) is 26.1 Å². The summed E-state index contributed by atoms with van der Waals surface area (Å²) in [5.41, 5.74) is 3.12. The summed E-state index contributed by atoms with van der Waals surface area (Å²) in [6, 6.07) is 15.6. The van der Waals surface area contributed by atoms with E-state index in [1.165, 1.54) is 6.92 Å². The molecule has 1 aromatic heterocycles. The van der Waals surface area contributed by atoms with Crippen LogP contribution in [-0.2, 0) is 4.79 Å². The van der Waals surface area contributed by atoms with Gasteiger partial charge >= 0.3 is 0 Å². The number of halogens is 1. The van der Waals surface area contributed by atoms with Gasteiger partial charge in [0.15, 0.2) is 11.5 Å². The molecule has 0 radical (unpaired) electrons. The molecule has 7 nitrogen and oxygen atoms in total. The van der Waals surface area contributed by atoms with Crippen molar-refractivity contribution in [3.63, 3.8) is 0 Å². The summed E-state index contributed by atoms with van der Waals surface area (Å²) in [5.74, 6) is -0.0790. The van der Waals surface area contributed by atoms with Crippen molar-refractivity contribution < 1.29 is 9.59 Å². The summed E-state index contributed by atoms with van der Waals surface area (Å²) in [4.78, 5) is 23.5. The number of hydrogen-bond acceptors (Lipinski definition) is 5. The number of amides is 2. The standard InChI is InChI=1S/C20H18ClN5O2/c1-12-10-14(21)6-7-17(12)24-19-9-8-18(25-26-19)20(28)23-16-5-3-4-15(11-16)22-13(2)27/h3-11H,1-2H3,(H,22,27)(H,23,28)(H,24,26). The van der Waals surface area contributed by atoms with Crippen molar-refractivity contribution in [1.82, 2.24) is 10.2 Å². The van der Waals surface area contributed by atoms with E-state index in [0.29, 0.717) is 22.2 Å². The Labute approximate surface area is 167 Å². The molecule has 1 heterocycles. The lowest BCUT2D eigenvalue weighted by molar-refractivity contribution is -0.114. The minimum atomic E-state index is -0.401. The van der Waals surface area contributed by atoms with Gasteiger partial charge in [-0.15, -0.1) is 10.2 Å². The molecule has 3 aromatic rings. The Kier molecular flexibility index (Phi) is 5.86. The van der Waals surface area contributed by atoms with Crippen LogP contribution in [0.15, 0.2) is 54.6 Å². The summed E-state index contributed by atoms with van der Waals surface area (Å²) in [5, 5.41) is 17.2. The molecule has 0 spiro atoms. The van der Waals surface area contributed by atoms with Gasteiger partial charge in [-0.2, -0.15) is 0 Å². The molecule has 0 bridgehead atoms. The average Bonchev–Trinajstić information content (AvgIpc) is 2.64. The first-order valence-electron chi connectivity index (χ1n) is 8.46. The van der Waals surface area contributed by atoms with Crippen molar-refractivity contribution in [2.75, 3.05) is 16.0 Å². The maximum Gasteiger partial charge on any atom is 0.276 e. The van der Waals surface area contributed by atoms with E-state index in [1.54, 1.807) is 42.5 Å². The average molecular weight is 396 g/mol. The molecule has 8 heteroatoms. The molecular weight excluding hydrogens is 378 g/mol. The number of hydrogen-bond donors (Lipinski definition) is 3. The highest BCUT2D eigenvalue weighted by Gasteiger charge is 2.10. The molecule has 0 saturated heterocycles. The molecule has 28 heavy (non-hydrogen) atoms. The smallest absolute Gasteiger partial charge is 0.276 e. The summed E-state index contributed by atoms with van der Waals surface area (Å²) in [6.45, 7) is 3.35. The third-order valence-electron chi connectivity index (χ3n) is 3.79. The van der Waals surface area contributed by atoms with Gasteiger partial charge in [0.05, 0.1) is 0 Å². The van der Waals surface area contributed by atoms with Gasteiger partial charge in [0.1, 0.15) is 0 Å². The van der Waals surface area contributed by atoms with Crippen LogP contribution >= 0.6 is 11.6 Å². The van der Waals surface area contributed by atoms with Crippen LogP contribution in [0.4, 0.5) is 22.9 Å². The first-order chi connectivity index (χ1) is 13.4. The van der Waals surface area contributed by atoms with Crippen LogP contribution in [0.3, 0.4) is 0 Å². The summed E-state index contributed by atoms with van der Waals surface area (Å²) in [7, 11) is 0. The predicted octanol–water partition coefficient (Wildman–Crippen LogP) is 4.39. The maximum atomic E-state index is 12.4. The van der Waals surface area contributed by atoms with Gasteiger partial charge in [0, 0.05) is 29.0 Å². The van der Waals surface area contributed by atoms with Crippen LogP contribution in [0.1, 0.15) is 23.0 Å². The highest BCUT2D eigenvalue weighted by atomic mass is 35.5. The number of aryl methyl sites for hydroxylation is 1. The zero-order valence-corrected chi connectivity index (χ0v) is 16.0. The minimum absolute atomic E-state index is 0.170. The molecule has 0 aliphatic rings. The lowest BCUT2D eigenvalue weighted by Crippen LogP contribution is -2.15. The van der Waals surface area contributed by atoms with Crippen molar-refractivity contribution in [3.05, 3.63) is 70.9 Å². The molecule has 0 fully saturated rings. The van der Waals surface area contributed by atoms with Crippen LogP contribution in [0.5, 0.6) is 0 Å². The highest BCUT2D eigenvalue weighted by molar-refractivity contribution is 6.30. The molecule has 2 amide bonds. The van der Waals surface area contributed by atoms with Crippen molar-refractivity contribution in [3.8, 4) is 0 Å². The first kappa shape index (κ1) is 19.3. The first-order valence-corrected chi connectivity index (χ1v) is 8.84. The Balaban J connectivity index is 1.67. The van der Waals surface area contributed by atoms with E-state index in [-0.39, 0.29) is 11.6 Å². The van der Waals surface area contributed by atoms with E-state index < -0.39 is 5.91 Å². The van der Waals surface area contributed by atoms with Crippen LogP contribution in [0.2, 0.25) is 5.02 Å². The van der Waals surface area contributed by atoms with Crippen LogP contribution in [0.25, 0.3) is 0 Å². The van der Waals surface area contributed by atoms with Gasteiger partial charge in [0.25, 0.3) is 5.91 Å². The van der Waals surface area contributed by atoms with E-state index in [4.69, 9.17) is 11.6 Å². The third-order valence-corrected chi connectivity index (χ3v) is 4.02. The van der Waals surface area contributed by atoms with Crippen LogP contribution < -0.4 is 16.0 Å².